The first-order valence-electron chi connectivity index (χ1n) is 10.2. The van der Waals surface area contributed by atoms with Crippen LogP contribution in [0.5, 0.6) is 0 Å². The van der Waals surface area contributed by atoms with Crippen LogP contribution in [0.1, 0.15) is 25.0 Å². The predicted molar refractivity (Wildman–Crippen MR) is 113 cm³/mol. The van der Waals surface area contributed by atoms with Gasteiger partial charge in [0.15, 0.2) is 0 Å². The fourth-order valence-corrected chi connectivity index (χ4v) is 4.35. The molecule has 2 aromatic rings. The number of hydrogen-bond acceptors (Lipinski definition) is 3. The van der Waals surface area contributed by atoms with Gasteiger partial charge in [0.1, 0.15) is 0 Å². The van der Waals surface area contributed by atoms with Gasteiger partial charge in [-0.05, 0) is 30.5 Å². The zero-order chi connectivity index (χ0) is 19.3. The minimum absolute atomic E-state index is 0.140. The third-order valence-electron chi connectivity index (χ3n) is 6.14. The molecule has 1 saturated heterocycles. The molecule has 0 aromatic heterocycles. The Morgan fingerprint density at radius 2 is 1.44 bits per heavy atom. The maximum absolute atomic E-state index is 12.0. The van der Waals surface area contributed by atoms with Crippen molar-refractivity contribution in [1.29, 1.82) is 0 Å². The highest BCUT2D eigenvalue weighted by Gasteiger charge is 2.42. The lowest BCUT2D eigenvalue weighted by molar-refractivity contribution is -0.0778. The average Bonchev–Trinajstić information content (AvgIpc) is 2.70. The molecule has 0 aliphatic carbocycles. The van der Waals surface area contributed by atoms with Gasteiger partial charge in [-0.2, -0.15) is 0 Å². The van der Waals surface area contributed by atoms with Crippen LogP contribution in [0.3, 0.4) is 0 Å². The van der Waals surface area contributed by atoms with E-state index in [0.717, 1.165) is 44.7 Å². The summed E-state index contributed by atoms with van der Waals surface area (Å²) in [5, 5.41) is 12.0. The molecule has 2 atom stereocenters. The second-order valence-electron chi connectivity index (χ2n) is 8.34. The molecule has 1 aliphatic rings. The topological polar surface area (TPSA) is 26.7 Å². The summed E-state index contributed by atoms with van der Waals surface area (Å²) >= 11 is 0. The van der Waals surface area contributed by atoms with Gasteiger partial charge < -0.3 is 14.9 Å². The van der Waals surface area contributed by atoms with Gasteiger partial charge in [0.05, 0.1) is 5.60 Å². The number of likely N-dealkylation sites (N-methyl/N-ethyl adjacent to an activating group) is 1. The monoisotopic (exact) mass is 366 g/mol. The van der Waals surface area contributed by atoms with Crippen molar-refractivity contribution in [2.75, 3.05) is 39.8 Å². The van der Waals surface area contributed by atoms with Gasteiger partial charge in [0, 0.05) is 38.6 Å². The molecule has 3 rings (SSSR count). The maximum Gasteiger partial charge on any atom is 0.0962 e. The van der Waals surface area contributed by atoms with Crippen LogP contribution in [-0.4, -0.2) is 54.7 Å². The van der Waals surface area contributed by atoms with Crippen LogP contribution >= 0.6 is 0 Å². The van der Waals surface area contributed by atoms with Crippen molar-refractivity contribution in [3.05, 3.63) is 71.8 Å². The zero-order valence-corrected chi connectivity index (χ0v) is 17.0. The van der Waals surface area contributed by atoms with Gasteiger partial charge in [-0.15, -0.1) is 0 Å². The smallest absolute Gasteiger partial charge is 0.0962 e. The summed E-state index contributed by atoms with van der Waals surface area (Å²) in [5.74, 6) is 0.284. The van der Waals surface area contributed by atoms with Crippen molar-refractivity contribution < 1.29 is 5.11 Å². The van der Waals surface area contributed by atoms with E-state index in [0.29, 0.717) is 0 Å². The first-order chi connectivity index (χ1) is 13.0. The molecule has 0 saturated carbocycles. The van der Waals surface area contributed by atoms with E-state index < -0.39 is 5.60 Å². The lowest BCUT2D eigenvalue weighted by Crippen LogP contribution is -2.51. The summed E-state index contributed by atoms with van der Waals surface area (Å²) in [5.41, 5.74) is 1.49. The summed E-state index contributed by atoms with van der Waals surface area (Å²) in [6, 6.07) is 20.9. The third-order valence-corrected chi connectivity index (χ3v) is 6.14. The third kappa shape index (κ3) is 4.78. The van der Waals surface area contributed by atoms with Gasteiger partial charge in [-0.1, -0.05) is 74.5 Å². The van der Waals surface area contributed by atoms with Crippen molar-refractivity contribution in [2.45, 2.75) is 25.9 Å². The summed E-state index contributed by atoms with van der Waals surface area (Å²) < 4.78 is 0. The molecule has 146 valence electrons. The minimum Gasteiger partial charge on any atom is -0.385 e. The van der Waals surface area contributed by atoms with Crippen molar-refractivity contribution in [3.63, 3.8) is 0 Å². The largest absolute Gasteiger partial charge is 0.385 e. The number of piperazine rings is 1. The van der Waals surface area contributed by atoms with Gasteiger partial charge in [-0.25, -0.2) is 0 Å². The average molecular weight is 367 g/mol. The fourth-order valence-electron chi connectivity index (χ4n) is 4.35. The molecule has 3 heteroatoms. The highest BCUT2D eigenvalue weighted by molar-refractivity contribution is 5.26. The van der Waals surface area contributed by atoms with E-state index in [9.17, 15) is 5.11 Å². The molecular weight excluding hydrogens is 332 g/mol. The Labute approximate surface area is 164 Å². The number of aliphatic hydroxyl groups is 1. The van der Waals surface area contributed by atoms with Crippen LogP contribution in [-0.2, 0) is 12.0 Å². The quantitative estimate of drug-likeness (QED) is 0.810. The number of hydrogen-bond donors (Lipinski definition) is 1. The van der Waals surface area contributed by atoms with Crippen LogP contribution in [0, 0.1) is 11.8 Å². The maximum atomic E-state index is 12.0. The second-order valence-corrected chi connectivity index (χ2v) is 8.34. The molecule has 1 N–H and O–H groups in total. The molecular formula is C24H34N2O. The Balaban J connectivity index is 1.91. The van der Waals surface area contributed by atoms with E-state index in [4.69, 9.17) is 0 Å². The van der Waals surface area contributed by atoms with Gasteiger partial charge in [0.2, 0.25) is 0 Å². The fraction of sp³-hybridized carbons (Fsp3) is 0.500. The van der Waals surface area contributed by atoms with Gasteiger partial charge in [-0.3, -0.25) is 0 Å². The number of benzene rings is 2. The van der Waals surface area contributed by atoms with E-state index in [-0.39, 0.29) is 11.8 Å². The van der Waals surface area contributed by atoms with E-state index in [1.807, 2.05) is 18.2 Å². The molecule has 0 spiro atoms. The first kappa shape index (κ1) is 20.1. The van der Waals surface area contributed by atoms with Crippen LogP contribution in [0.2, 0.25) is 0 Å². The molecule has 0 amide bonds. The molecule has 3 nitrogen and oxygen atoms in total. The molecule has 1 heterocycles. The molecule has 0 radical (unpaired) electrons. The van der Waals surface area contributed by atoms with E-state index in [1.165, 1.54) is 5.56 Å². The number of nitrogens with zero attached hydrogens (tertiary/aromatic N) is 2. The predicted octanol–water partition coefficient (Wildman–Crippen LogP) is 3.64. The minimum atomic E-state index is -0.847. The summed E-state index contributed by atoms with van der Waals surface area (Å²) in [4.78, 5) is 4.92. The van der Waals surface area contributed by atoms with Crippen LogP contribution in [0.4, 0.5) is 0 Å². The normalized spacial score (nSPS) is 19.7. The highest BCUT2D eigenvalue weighted by atomic mass is 16.3. The lowest BCUT2D eigenvalue weighted by Gasteiger charge is -2.44. The van der Waals surface area contributed by atoms with Gasteiger partial charge in [0.25, 0.3) is 0 Å². The van der Waals surface area contributed by atoms with Crippen LogP contribution in [0.25, 0.3) is 0 Å². The van der Waals surface area contributed by atoms with Crippen LogP contribution < -0.4 is 0 Å². The van der Waals surface area contributed by atoms with Gasteiger partial charge >= 0.3 is 0 Å². The Morgan fingerprint density at radius 1 is 0.889 bits per heavy atom. The number of rotatable bonds is 7. The van der Waals surface area contributed by atoms with Crippen molar-refractivity contribution in [1.82, 2.24) is 9.80 Å². The summed E-state index contributed by atoms with van der Waals surface area (Å²) in [6.45, 7) is 9.57. The standard InChI is InChI=1S/C24H34N2O/c1-20(2)24(27,22-12-8-5-9-13-22)23(18-21-10-6-4-7-11-21)19-26-16-14-25(3)15-17-26/h4-13,20,23,27H,14-19H2,1-3H3. The Bertz CT molecular complexity index is 680. The van der Waals surface area contributed by atoms with E-state index in [1.54, 1.807) is 0 Å². The first-order valence-corrected chi connectivity index (χ1v) is 10.2. The molecule has 0 bridgehead atoms. The SMILES string of the molecule is CC(C)C(O)(c1ccccc1)C(Cc1ccccc1)CN1CCN(C)CC1. The van der Waals surface area contributed by atoms with Crippen molar-refractivity contribution in [3.8, 4) is 0 Å². The second kappa shape index (κ2) is 9.01. The summed E-state index contributed by atoms with van der Waals surface area (Å²) in [7, 11) is 2.19. The zero-order valence-electron chi connectivity index (χ0n) is 17.0. The molecule has 2 unspecified atom stereocenters. The Kier molecular flexibility index (Phi) is 6.69. The molecule has 1 fully saturated rings. The highest BCUT2D eigenvalue weighted by Crippen LogP contribution is 2.39. The lowest BCUT2D eigenvalue weighted by atomic mass is 9.71. The molecule has 2 aromatic carbocycles. The van der Waals surface area contributed by atoms with Crippen molar-refractivity contribution >= 4 is 0 Å². The summed E-state index contributed by atoms with van der Waals surface area (Å²) in [6.07, 6.45) is 0.886. The Morgan fingerprint density at radius 3 is 2.00 bits per heavy atom. The van der Waals surface area contributed by atoms with E-state index in [2.05, 4.69) is 73.2 Å². The van der Waals surface area contributed by atoms with Crippen LogP contribution in [0.15, 0.2) is 60.7 Å². The Hall–Kier alpha value is -1.68. The molecule has 27 heavy (non-hydrogen) atoms. The van der Waals surface area contributed by atoms with E-state index >= 15 is 0 Å². The molecule has 1 aliphatic heterocycles. The van der Waals surface area contributed by atoms with Crippen molar-refractivity contribution in [2.24, 2.45) is 11.8 Å².